The molecule has 1 fully saturated rings. The molecule has 0 aromatic heterocycles. The highest BCUT2D eigenvalue weighted by Gasteiger charge is 2.50. The fourth-order valence-electron chi connectivity index (χ4n) is 3.05. The number of benzene rings is 1. The first-order valence-corrected chi connectivity index (χ1v) is 10.1. The lowest BCUT2D eigenvalue weighted by atomic mass is 9.98. The highest BCUT2D eigenvalue weighted by molar-refractivity contribution is 14.0. The third kappa shape index (κ3) is 6.48. The van der Waals surface area contributed by atoms with E-state index in [1.165, 1.54) is 0 Å². The Bertz CT molecular complexity index is 737. The maximum Gasteiger partial charge on any atom is 0.511 e. The molecule has 0 aliphatic carbocycles. The Balaban J connectivity index is 0.00000392. The molecule has 1 aromatic carbocycles. The number of aliphatic imine (C=N–C) groups is 1. The van der Waals surface area contributed by atoms with E-state index in [2.05, 4.69) is 10.3 Å². The molecular weight excluding hydrogens is 508 g/mol. The van der Waals surface area contributed by atoms with Crippen molar-refractivity contribution in [1.82, 2.24) is 14.5 Å². The number of sulfonamides is 1. The molecule has 0 atom stereocenters. The van der Waals surface area contributed by atoms with Crippen molar-refractivity contribution in [3.63, 3.8) is 0 Å². The summed E-state index contributed by atoms with van der Waals surface area (Å²) in [5, 5.41) is 3.23. The summed E-state index contributed by atoms with van der Waals surface area (Å²) in [6.45, 7) is 0.966. The lowest BCUT2D eigenvalue weighted by molar-refractivity contribution is -0.0496. The van der Waals surface area contributed by atoms with Crippen molar-refractivity contribution in [2.75, 3.05) is 33.7 Å². The van der Waals surface area contributed by atoms with Crippen molar-refractivity contribution < 1.29 is 21.6 Å². The van der Waals surface area contributed by atoms with Crippen molar-refractivity contribution in [2.45, 2.75) is 24.9 Å². The van der Waals surface area contributed by atoms with Crippen LogP contribution in [0.15, 0.2) is 35.3 Å². The smallest absolute Gasteiger partial charge is 0.356 e. The van der Waals surface area contributed by atoms with Gasteiger partial charge in [-0.15, -0.1) is 24.0 Å². The van der Waals surface area contributed by atoms with Gasteiger partial charge in [-0.25, -0.2) is 8.42 Å². The monoisotopic (exact) mass is 534 g/mol. The zero-order valence-corrected chi connectivity index (χ0v) is 19.0. The van der Waals surface area contributed by atoms with Gasteiger partial charge in [0.15, 0.2) is 5.96 Å². The number of piperidine rings is 1. The van der Waals surface area contributed by atoms with Crippen molar-refractivity contribution in [3.05, 3.63) is 35.9 Å². The van der Waals surface area contributed by atoms with Crippen LogP contribution in [0.1, 0.15) is 18.4 Å². The van der Waals surface area contributed by atoms with E-state index in [9.17, 15) is 21.6 Å². The van der Waals surface area contributed by atoms with E-state index < -0.39 is 15.5 Å². The Kier molecular flexibility index (Phi) is 9.47. The molecular formula is C17H26F3IN4O2S. The molecule has 28 heavy (non-hydrogen) atoms. The molecule has 0 amide bonds. The molecule has 0 radical (unpaired) electrons. The predicted octanol–water partition coefficient (Wildman–Crippen LogP) is 2.87. The van der Waals surface area contributed by atoms with Crippen LogP contribution in [0.5, 0.6) is 0 Å². The first-order chi connectivity index (χ1) is 12.6. The van der Waals surface area contributed by atoms with Gasteiger partial charge in [0, 0.05) is 40.3 Å². The van der Waals surface area contributed by atoms with Crippen molar-refractivity contribution >= 4 is 40.0 Å². The third-order valence-corrected chi connectivity index (χ3v) is 6.22. The quantitative estimate of drug-likeness (QED) is 0.359. The molecule has 1 saturated heterocycles. The van der Waals surface area contributed by atoms with Gasteiger partial charge in [-0.1, -0.05) is 30.3 Å². The maximum absolute atomic E-state index is 12.6. The summed E-state index contributed by atoms with van der Waals surface area (Å²) in [6, 6.07) is 9.90. The largest absolute Gasteiger partial charge is 0.511 e. The van der Waals surface area contributed by atoms with Crippen LogP contribution in [0.25, 0.3) is 0 Å². The van der Waals surface area contributed by atoms with Crippen molar-refractivity contribution in [2.24, 2.45) is 10.9 Å². The second kappa shape index (κ2) is 10.6. The van der Waals surface area contributed by atoms with Gasteiger partial charge < -0.3 is 10.2 Å². The zero-order valence-electron chi connectivity index (χ0n) is 15.8. The van der Waals surface area contributed by atoms with Crippen LogP contribution in [-0.2, 0) is 16.6 Å². The highest BCUT2D eigenvalue weighted by atomic mass is 127. The number of nitrogens with one attached hydrogen (secondary N) is 1. The van der Waals surface area contributed by atoms with Gasteiger partial charge in [-0.3, -0.25) is 4.99 Å². The number of halogens is 4. The Morgan fingerprint density at radius 2 is 1.82 bits per heavy atom. The molecule has 1 aliphatic rings. The minimum Gasteiger partial charge on any atom is -0.356 e. The number of rotatable bonds is 5. The maximum atomic E-state index is 12.6. The normalized spacial score (nSPS) is 17.1. The molecule has 0 bridgehead atoms. The lowest BCUT2D eigenvalue weighted by Gasteiger charge is -2.32. The molecule has 1 N–H and O–H groups in total. The van der Waals surface area contributed by atoms with E-state index in [0.29, 0.717) is 36.2 Å². The summed E-state index contributed by atoms with van der Waals surface area (Å²) in [4.78, 5) is 6.19. The van der Waals surface area contributed by atoms with Crippen LogP contribution in [0.2, 0.25) is 0 Å². The Labute approximate surface area is 181 Å². The molecule has 160 valence electrons. The molecule has 1 heterocycles. The zero-order chi connectivity index (χ0) is 20.1. The minimum absolute atomic E-state index is 0. The molecule has 1 aliphatic heterocycles. The topological polar surface area (TPSA) is 65.0 Å². The van der Waals surface area contributed by atoms with Crippen LogP contribution in [-0.4, -0.2) is 62.8 Å². The SMILES string of the molecule is CN=C(NCC1CCN(S(=O)(=O)C(F)(F)F)CC1)N(C)Cc1ccccc1.I. The van der Waals surface area contributed by atoms with Crippen LogP contribution in [0, 0.1) is 5.92 Å². The summed E-state index contributed by atoms with van der Waals surface area (Å²) in [6.07, 6.45) is 0.753. The van der Waals surface area contributed by atoms with Crippen LogP contribution < -0.4 is 5.32 Å². The molecule has 1 aromatic rings. The number of guanidine groups is 1. The van der Waals surface area contributed by atoms with Gasteiger partial charge >= 0.3 is 15.5 Å². The van der Waals surface area contributed by atoms with Gasteiger partial charge in [0.05, 0.1) is 0 Å². The Hall–Kier alpha value is -1.08. The summed E-state index contributed by atoms with van der Waals surface area (Å²) in [5.41, 5.74) is -4.10. The highest BCUT2D eigenvalue weighted by Crippen LogP contribution is 2.30. The second-order valence-corrected chi connectivity index (χ2v) is 8.49. The molecule has 0 unspecified atom stereocenters. The van der Waals surface area contributed by atoms with Crippen LogP contribution in [0.4, 0.5) is 13.2 Å². The average Bonchev–Trinajstić information content (AvgIpc) is 2.62. The number of hydrogen-bond acceptors (Lipinski definition) is 3. The fourth-order valence-corrected chi connectivity index (χ4v) is 4.04. The first kappa shape index (κ1) is 25.0. The molecule has 11 heteroatoms. The average molecular weight is 534 g/mol. The van der Waals surface area contributed by atoms with Gasteiger partial charge in [-0.2, -0.15) is 17.5 Å². The molecule has 6 nitrogen and oxygen atoms in total. The van der Waals surface area contributed by atoms with Gasteiger partial charge in [0.2, 0.25) is 0 Å². The number of alkyl halides is 3. The third-order valence-electron chi connectivity index (χ3n) is 4.59. The van der Waals surface area contributed by atoms with Crippen molar-refractivity contribution in [3.8, 4) is 0 Å². The van der Waals surface area contributed by atoms with Crippen molar-refractivity contribution in [1.29, 1.82) is 0 Å². The van der Waals surface area contributed by atoms with Gasteiger partial charge in [0.25, 0.3) is 0 Å². The molecule has 0 spiro atoms. The minimum atomic E-state index is -5.24. The molecule has 0 saturated carbocycles. The summed E-state index contributed by atoms with van der Waals surface area (Å²) < 4.78 is 61.3. The first-order valence-electron chi connectivity index (χ1n) is 8.67. The number of nitrogens with zero attached hydrogens (tertiary/aromatic N) is 3. The summed E-state index contributed by atoms with van der Waals surface area (Å²) in [5.74, 6) is 0.774. The van der Waals surface area contributed by atoms with E-state index >= 15 is 0 Å². The number of hydrogen-bond donors (Lipinski definition) is 1. The van der Waals surface area contributed by atoms with Crippen LogP contribution in [0.3, 0.4) is 0 Å². The van der Waals surface area contributed by atoms with E-state index in [0.717, 1.165) is 5.56 Å². The second-order valence-electron chi connectivity index (χ2n) is 6.56. The summed E-state index contributed by atoms with van der Waals surface area (Å²) in [7, 11) is -1.65. The van der Waals surface area contributed by atoms with E-state index in [1.54, 1.807) is 7.05 Å². The Morgan fingerprint density at radius 1 is 1.25 bits per heavy atom. The van der Waals surface area contributed by atoms with E-state index in [-0.39, 0.29) is 43.0 Å². The molecule has 2 rings (SSSR count). The fraction of sp³-hybridized carbons (Fsp3) is 0.588. The van der Waals surface area contributed by atoms with Gasteiger partial charge in [0.1, 0.15) is 0 Å². The predicted molar refractivity (Wildman–Crippen MR) is 114 cm³/mol. The summed E-state index contributed by atoms with van der Waals surface area (Å²) >= 11 is 0. The lowest BCUT2D eigenvalue weighted by Crippen LogP contribution is -2.47. The van der Waals surface area contributed by atoms with E-state index in [1.807, 2.05) is 42.3 Å². The van der Waals surface area contributed by atoms with E-state index in [4.69, 9.17) is 0 Å². The standard InChI is InChI=1S/C17H25F3N4O2S.HI/c1-21-16(23(2)13-15-6-4-3-5-7-15)22-12-14-8-10-24(11-9-14)27(25,26)17(18,19)20;/h3-7,14H,8-13H2,1-2H3,(H,21,22);1H. The van der Waals surface area contributed by atoms with Gasteiger partial charge in [-0.05, 0) is 24.3 Å². The Morgan fingerprint density at radius 3 is 2.32 bits per heavy atom. The van der Waals surface area contributed by atoms with Crippen LogP contribution >= 0.6 is 24.0 Å².